The molecular weight excluding hydrogens is 354 g/mol. The number of hydrogen-bond donors (Lipinski definition) is 0. The Morgan fingerprint density at radius 2 is 1.78 bits per heavy atom. The highest BCUT2D eigenvalue weighted by Gasteiger charge is 2.22. The van der Waals surface area contributed by atoms with Crippen molar-refractivity contribution in [1.29, 1.82) is 0 Å². The van der Waals surface area contributed by atoms with Crippen LogP contribution in [-0.4, -0.2) is 36.1 Å². The summed E-state index contributed by atoms with van der Waals surface area (Å²) < 4.78 is 5.96. The van der Waals surface area contributed by atoms with Gasteiger partial charge in [-0.25, -0.2) is 4.98 Å². The van der Waals surface area contributed by atoms with Gasteiger partial charge in [0.05, 0.1) is 10.6 Å². The van der Waals surface area contributed by atoms with Gasteiger partial charge >= 0.3 is 0 Å². The van der Waals surface area contributed by atoms with Crippen molar-refractivity contribution in [2.45, 2.75) is 34.2 Å². The molecule has 142 valence electrons. The van der Waals surface area contributed by atoms with E-state index in [1.54, 1.807) is 11.3 Å². The number of benzene rings is 1. The summed E-state index contributed by atoms with van der Waals surface area (Å²) in [4.78, 5) is 10.9. The molecule has 0 N–H and O–H groups in total. The van der Waals surface area contributed by atoms with Crippen LogP contribution in [0.3, 0.4) is 0 Å². The predicted octanol–water partition coefficient (Wildman–Crippen LogP) is 4.96. The van der Waals surface area contributed by atoms with Crippen molar-refractivity contribution < 1.29 is 4.42 Å². The van der Waals surface area contributed by atoms with Crippen LogP contribution in [0.1, 0.15) is 28.1 Å². The second kappa shape index (κ2) is 7.49. The van der Waals surface area contributed by atoms with E-state index >= 15 is 0 Å². The number of oxazole rings is 1. The third kappa shape index (κ3) is 3.66. The summed E-state index contributed by atoms with van der Waals surface area (Å²) in [6.45, 7) is 13.6. The maximum absolute atomic E-state index is 5.96. The average molecular weight is 382 g/mol. The minimum absolute atomic E-state index is 0.768. The van der Waals surface area contributed by atoms with Gasteiger partial charge in [-0.3, -0.25) is 4.90 Å². The molecule has 1 saturated heterocycles. The first-order chi connectivity index (χ1) is 13.0. The number of nitrogens with zero attached hydrogens (tertiary/aromatic N) is 3. The molecule has 5 heteroatoms. The van der Waals surface area contributed by atoms with Crippen LogP contribution in [0.2, 0.25) is 0 Å². The first kappa shape index (κ1) is 18.3. The van der Waals surface area contributed by atoms with E-state index in [-0.39, 0.29) is 0 Å². The Morgan fingerprint density at radius 1 is 1.00 bits per heavy atom. The summed E-state index contributed by atoms with van der Waals surface area (Å²) in [7, 11) is 0. The quantitative estimate of drug-likeness (QED) is 0.639. The van der Waals surface area contributed by atoms with Crippen LogP contribution in [0.25, 0.3) is 10.8 Å². The number of rotatable bonds is 4. The summed E-state index contributed by atoms with van der Waals surface area (Å²) in [5, 5.41) is 2.09. The van der Waals surface area contributed by atoms with E-state index in [1.165, 1.54) is 22.4 Å². The fourth-order valence-electron chi connectivity index (χ4n) is 3.70. The number of anilines is 1. The molecule has 0 radical (unpaired) electrons. The minimum atomic E-state index is 0.768. The van der Waals surface area contributed by atoms with Gasteiger partial charge in [-0.15, -0.1) is 11.3 Å². The topological polar surface area (TPSA) is 32.5 Å². The van der Waals surface area contributed by atoms with E-state index in [0.29, 0.717) is 0 Å². The van der Waals surface area contributed by atoms with Crippen LogP contribution in [-0.2, 0) is 6.54 Å². The number of thiophene rings is 1. The third-order valence-electron chi connectivity index (χ3n) is 5.61. The smallest absolute Gasteiger partial charge is 0.237 e. The standard InChI is InChI=1S/C22H27N3OS/c1-15-6-5-7-20(17(15)3)25-11-9-24(10-12-25)14-19-18(4)26-22(23-19)21-16(2)8-13-27-21/h5-8,13H,9-12,14H2,1-4H3. The first-order valence-electron chi connectivity index (χ1n) is 9.57. The minimum Gasteiger partial charge on any atom is -0.440 e. The summed E-state index contributed by atoms with van der Waals surface area (Å²) >= 11 is 1.69. The largest absolute Gasteiger partial charge is 0.440 e. The molecule has 1 aliphatic rings. The summed E-state index contributed by atoms with van der Waals surface area (Å²) in [6.07, 6.45) is 0. The van der Waals surface area contributed by atoms with Gasteiger partial charge in [0.1, 0.15) is 5.76 Å². The lowest BCUT2D eigenvalue weighted by Gasteiger charge is -2.36. The molecule has 0 atom stereocenters. The van der Waals surface area contributed by atoms with Crippen molar-refractivity contribution in [3.63, 3.8) is 0 Å². The Kier molecular flexibility index (Phi) is 5.06. The van der Waals surface area contributed by atoms with E-state index < -0.39 is 0 Å². The lowest BCUT2D eigenvalue weighted by Crippen LogP contribution is -2.46. The first-order valence-corrected chi connectivity index (χ1v) is 10.4. The van der Waals surface area contributed by atoms with Crippen LogP contribution in [0.15, 0.2) is 34.1 Å². The zero-order valence-electron chi connectivity index (χ0n) is 16.6. The maximum atomic E-state index is 5.96. The number of aryl methyl sites for hydroxylation is 3. The molecule has 4 rings (SSSR count). The molecule has 0 amide bonds. The molecule has 4 nitrogen and oxygen atoms in total. The SMILES string of the molecule is Cc1ccsc1-c1nc(CN2CCN(c3cccc(C)c3C)CC2)c(C)o1. The van der Waals surface area contributed by atoms with Gasteiger partial charge in [0.25, 0.3) is 0 Å². The zero-order valence-corrected chi connectivity index (χ0v) is 17.4. The van der Waals surface area contributed by atoms with Crippen LogP contribution >= 0.6 is 11.3 Å². The normalized spacial score (nSPS) is 15.5. The summed E-state index contributed by atoms with van der Waals surface area (Å²) in [5.41, 5.74) is 6.44. The average Bonchev–Trinajstić information content (AvgIpc) is 3.24. The molecule has 1 aromatic carbocycles. The van der Waals surface area contributed by atoms with Crippen molar-refractivity contribution in [1.82, 2.24) is 9.88 Å². The summed E-state index contributed by atoms with van der Waals surface area (Å²) in [6, 6.07) is 8.72. The predicted molar refractivity (Wildman–Crippen MR) is 113 cm³/mol. The molecule has 1 fully saturated rings. The lowest BCUT2D eigenvalue weighted by molar-refractivity contribution is 0.246. The van der Waals surface area contributed by atoms with E-state index in [1.807, 2.05) is 6.92 Å². The molecule has 0 unspecified atom stereocenters. The number of piperazine rings is 1. The molecule has 0 aliphatic carbocycles. The molecule has 2 aromatic heterocycles. The van der Waals surface area contributed by atoms with Crippen LogP contribution < -0.4 is 4.90 Å². The molecule has 1 aliphatic heterocycles. The molecule has 3 aromatic rings. The Balaban J connectivity index is 1.42. The molecule has 27 heavy (non-hydrogen) atoms. The van der Waals surface area contributed by atoms with Crippen molar-refractivity contribution >= 4 is 17.0 Å². The van der Waals surface area contributed by atoms with Crippen LogP contribution in [0.4, 0.5) is 5.69 Å². The fourth-order valence-corrected chi connectivity index (χ4v) is 4.55. The molecule has 0 spiro atoms. The van der Waals surface area contributed by atoms with Crippen molar-refractivity contribution in [3.8, 4) is 10.8 Å². The van der Waals surface area contributed by atoms with Gasteiger partial charge in [0.15, 0.2) is 0 Å². The van der Waals surface area contributed by atoms with E-state index in [2.05, 4.69) is 60.2 Å². The van der Waals surface area contributed by atoms with Crippen molar-refractivity contribution in [2.24, 2.45) is 0 Å². The summed E-state index contributed by atoms with van der Waals surface area (Å²) in [5.74, 6) is 1.71. The highest BCUT2D eigenvalue weighted by molar-refractivity contribution is 7.13. The molecule has 0 bridgehead atoms. The Hall–Kier alpha value is -2.11. The monoisotopic (exact) mass is 381 g/mol. The van der Waals surface area contributed by atoms with Gasteiger partial charge in [-0.05, 0) is 61.9 Å². The van der Waals surface area contributed by atoms with Crippen molar-refractivity contribution in [3.05, 3.63) is 57.8 Å². The van der Waals surface area contributed by atoms with Gasteiger partial charge in [0, 0.05) is 38.4 Å². The Bertz CT molecular complexity index is 935. The second-order valence-electron chi connectivity index (χ2n) is 7.44. The molecular formula is C22H27N3OS. The van der Waals surface area contributed by atoms with Crippen LogP contribution in [0, 0.1) is 27.7 Å². The van der Waals surface area contributed by atoms with Crippen molar-refractivity contribution in [2.75, 3.05) is 31.1 Å². The Morgan fingerprint density at radius 3 is 2.48 bits per heavy atom. The van der Waals surface area contributed by atoms with Gasteiger partial charge in [-0.2, -0.15) is 0 Å². The fraction of sp³-hybridized carbons (Fsp3) is 0.409. The second-order valence-corrected chi connectivity index (χ2v) is 8.35. The third-order valence-corrected chi connectivity index (χ3v) is 6.62. The van der Waals surface area contributed by atoms with E-state index in [0.717, 1.165) is 54.9 Å². The van der Waals surface area contributed by atoms with E-state index in [9.17, 15) is 0 Å². The highest BCUT2D eigenvalue weighted by Crippen LogP contribution is 2.30. The van der Waals surface area contributed by atoms with Gasteiger partial charge < -0.3 is 9.32 Å². The lowest BCUT2D eigenvalue weighted by atomic mass is 10.1. The molecule has 0 saturated carbocycles. The van der Waals surface area contributed by atoms with Gasteiger partial charge in [-0.1, -0.05) is 12.1 Å². The van der Waals surface area contributed by atoms with E-state index in [4.69, 9.17) is 9.40 Å². The molecule has 3 heterocycles. The zero-order chi connectivity index (χ0) is 19.0. The highest BCUT2D eigenvalue weighted by atomic mass is 32.1. The number of hydrogen-bond acceptors (Lipinski definition) is 5. The Labute approximate surface area is 165 Å². The van der Waals surface area contributed by atoms with Gasteiger partial charge in [0.2, 0.25) is 5.89 Å². The van der Waals surface area contributed by atoms with Crippen LogP contribution in [0.5, 0.6) is 0 Å². The number of aromatic nitrogens is 1. The maximum Gasteiger partial charge on any atom is 0.237 e.